The summed E-state index contributed by atoms with van der Waals surface area (Å²) in [5.41, 5.74) is 2.77. The van der Waals surface area contributed by atoms with Gasteiger partial charge in [0.2, 0.25) is 11.8 Å². The number of halogens is 1. The molecule has 0 saturated heterocycles. The third kappa shape index (κ3) is 6.17. The number of fused-ring (bicyclic) bond motifs is 1. The van der Waals surface area contributed by atoms with Crippen LogP contribution in [0, 0.1) is 5.82 Å². The first kappa shape index (κ1) is 25.1. The van der Waals surface area contributed by atoms with Crippen molar-refractivity contribution in [2.24, 2.45) is 0 Å². The number of anilines is 2. The van der Waals surface area contributed by atoms with Gasteiger partial charge >= 0.3 is 6.09 Å². The van der Waals surface area contributed by atoms with Crippen LogP contribution in [0.2, 0.25) is 0 Å². The summed E-state index contributed by atoms with van der Waals surface area (Å²) in [5.74, 6) is -0.0843. The Bertz CT molecular complexity index is 1200. The lowest BCUT2D eigenvalue weighted by molar-refractivity contribution is -0.117. The molecular weight excluding hydrogens is 465 g/mol. The first-order valence-corrected chi connectivity index (χ1v) is 11.6. The van der Waals surface area contributed by atoms with Gasteiger partial charge in [0, 0.05) is 19.1 Å². The lowest BCUT2D eigenvalue weighted by atomic mass is 10.0. The van der Waals surface area contributed by atoms with Crippen molar-refractivity contribution < 1.29 is 28.2 Å². The van der Waals surface area contributed by atoms with E-state index in [9.17, 15) is 14.0 Å². The second kappa shape index (κ2) is 11.6. The fourth-order valence-electron chi connectivity index (χ4n) is 3.84. The number of carbonyl (C=O) groups excluding carboxylic acids is 2. The van der Waals surface area contributed by atoms with Crippen molar-refractivity contribution in [3.8, 4) is 5.88 Å². The Hall–Kier alpha value is -3.98. The van der Waals surface area contributed by atoms with E-state index in [2.05, 4.69) is 10.3 Å². The number of benzene rings is 2. The maximum atomic E-state index is 13.4. The third-order valence-corrected chi connectivity index (χ3v) is 5.71. The molecule has 0 radical (unpaired) electrons. The first-order valence-electron chi connectivity index (χ1n) is 11.6. The maximum Gasteiger partial charge on any atom is 0.415 e. The number of hydrogen-bond donors (Lipinski definition) is 1. The molecule has 1 N–H and O–H groups in total. The smallest absolute Gasteiger partial charge is 0.415 e. The highest BCUT2D eigenvalue weighted by Gasteiger charge is 2.33. The predicted octanol–water partition coefficient (Wildman–Crippen LogP) is 4.71. The average Bonchev–Trinajstić information content (AvgIpc) is 2.88. The Morgan fingerprint density at radius 1 is 1.14 bits per heavy atom. The van der Waals surface area contributed by atoms with Crippen LogP contribution in [0.4, 0.5) is 20.7 Å². The summed E-state index contributed by atoms with van der Waals surface area (Å²) < 4.78 is 29.8. The largest absolute Gasteiger partial charge is 0.474 e. The van der Waals surface area contributed by atoms with Gasteiger partial charge in [-0.2, -0.15) is 4.98 Å². The van der Waals surface area contributed by atoms with Gasteiger partial charge in [0.1, 0.15) is 30.5 Å². The zero-order chi connectivity index (χ0) is 25.5. The average molecular weight is 494 g/mol. The quantitative estimate of drug-likeness (QED) is 0.489. The van der Waals surface area contributed by atoms with Crippen molar-refractivity contribution in [1.82, 2.24) is 4.98 Å². The molecule has 1 aliphatic rings. The number of nitrogens with one attached hydrogen (secondary N) is 1. The summed E-state index contributed by atoms with van der Waals surface area (Å²) in [4.78, 5) is 31.6. The lowest BCUT2D eigenvalue weighted by Crippen LogP contribution is -2.45. The molecule has 1 aliphatic heterocycles. The number of rotatable bonds is 8. The molecule has 4 rings (SSSR count). The number of aromatic nitrogens is 1. The van der Waals surface area contributed by atoms with Crippen molar-refractivity contribution in [2.45, 2.75) is 32.4 Å². The maximum absolute atomic E-state index is 13.4. The number of pyridine rings is 1. The molecule has 2 heterocycles. The van der Waals surface area contributed by atoms with E-state index in [1.54, 1.807) is 18.2 Å². The van der Waals surface area contributed by atoms with Gasteiger partial charge in [0.25, 0.3) is 0 Å². The molecule has 0 aliphatic carbocycles. The summed E-state index contributed by atoms with van der Waals surface area (Å²) in [6.45, 7) is 2.46. The fourth-order valence-corrected chi connectivity index (χ4v) is 3.84. The van der Waals surface area contributed by atoms with E-state index in [1.807, 2.05) is 37.3 Å². The molecule has 8 nitrogen and oxygen atoms in total. The highest BCUT2D eigenvalue weighted by atomic mass is 19.1. The normalized spacial score (nSPS) is 14.5. The van der Waals surface area contributed by atoms with Gasteiger partial charge in [-0.3, -0.25) is 9.69 Å². The Morgan fingerprint density at radius 2 is 1.89 bits per heavy atom. The van der Waals surface area contributed by atoms with Crippen LogP contribution in [-0.2, 0) is 27.3 Å². The van der Waals surface area contributed by atoms with E-state index in [4.69, 9.17) is 14.2 Å². The van der Waals surface area contributed by atoms with Gasteiger partial charge in [0.05, 0.1) is 19.1 Å². The molecule has 0 bridgehead atoms. The number of amides is 2. The molecule has 3 aromatic rings. The number of ether oxygens (including phenoxy) is 3. The Kier molecular flexibility index (Phi) is 8.12. The van der Waals surface area contributed by atoms with Gasteiger partial charge in [-0.25, -0.2) is 9.18 Å². The van der Waals surface area contributed by atoms with Crippen LogP contribution < -0.4 is 15.0 Å². The minimum absolute atomic E-state index is 0.128. The molecule has 9 heteroatoms. The van der Waals surface area contributed by atoms with Crippen molar-refractivity contribution in [1.29, 1.82) is 0 Å². The van der Waals surface area contributed by atoms with Crippen LogP contribution in [0.3, 0.4) is 0 Å². The van der Waals surface area contributed by atoms with Gasteiger partial charge < -0.3 is 19.5 Å². The highest BCUT2D eigenvalue weighted by Crippen LogP contribution is 2.37. The molecule has 0 fully saturated rings. The topological polar surface area (TPSA) is 90.0 Å². The monoisotopic (exact) mass is 493 g/mol. The van der Waals surface area contributed by atoms with Crippen LogP contribution in [0.15, 0.2) is 60.7 Å². The third-order valence-electron chi connectivity index (χ3n) is 5.71. The van der Waals surface area contributed by atoms with Crippen molar-refractivity contribution >= 4 is 23.5 Å². The molecule has 0 saturated carbocycles. The van der Waals surface area contributed by atoms with Crippen molar-refractivity contribution in [2.75, 3.05) is 30.5 Å². The fraction of sp³-hybridized carbons (Fsp3) is 0.296. The molecule has 36 heavy (non-hydrogen) atoms. The number of carbonyl (C=O) groups is 2. The van der Waals surface area contributed by atoms with E-state index < -0.39 is 6.09 Å². The number of nitrogens with zero attached hydrogens (tertiary/aromatic N) is 2. The molecule has 1 atom stereocenters. The van der Waals surface area contributed by atoms with Crippen molar-refractivity contribution in [3.63, 3.8) is 0 Å². The van der Waals surface area contributed by atoms with Crippen LogP contribution in [0.1, 0.15) is 30.0 Å². The summed E-state index contributed by atoms with van der Waals surface area (Å²) in [5, 5.41) is 2.81. The minimum atomic E-state index is -0.526. The van der Waals surface area contributed by atoms with E-state index in [0.29, 0.717) is 23.5 Å². The number of hydrogen-bond acceptors (Lipinski definition) is 6. The summed E-state index contributed by atoms with van der Waals surface area (Å²) >= 11 is 0. The van der Waals surface area contributed by atoms with Gasteiger partial charge in [0.15, 0.2) is 0 Å². The molecular formula is C27H28FN3O5. The molecule has 0 spiro atoms. The predicted molar refractivity (Wildman–Crippen MR) is 133 cm³/mol. The van der Waals surface area contributed by atoms with Gasteiger partial charge in [-0.05, 0) is 36.2 Å². The van der Waals surface area contributed by atoms with Gasteiger partial charge in [-0.15, -0.1) is 0 Å². The molecule has 2 aromatic carbocycles. The Labute approximate surface area is 209 Å². The Balaban J connectivity index is 1.64. The first-order chi connectivity index (χ1) is 17.4. The van der Waals surface area contributed by atoms with E-state index in [0.717, 1.165) is 11.1 Å². The Morgan fingerprint density at radius 3 is 2.61 bits per heavy atom. The summed E-state index contributed by atoms with van der Waals surface area (Å²) in [7, 11) is 1.52. The standard InChI is InChI=1S/C27H28FN3O5/c1-18-16-35-26-23(31(18)27(33)36-17-20-6-4-3-5-7-20)15-21(14-19-8-10-22(28)11-9-19)25(30-26)29-24(32)12-13-34-2/h3-11,15,18H,12-14,16-17H2,1-2H3,(H,29,30,32). The molecule has 2 amide bonds. The lowest BCUT2D eigenvalue weighted by Gasteiger charge is -2.34. The minimum Gasteiger partial charge on any atom is -0.474 e. The van der Waals surface area contributed by atoms with Crippen LogP contribution in [0.5, 0.6) is 5.88 Å². The SMILES string of the molecule is COCCC(=O)Nc1nc2c(cc1Cc1ccc(F)cc1)N(C(=O)OCc1ccccc1)C(C)CO2. The summed E-state index contributed by atoms with van der Waals surface area (Å²) in [6.07, 6.45) is -0.0228. The number of methoxy groups -OCH3 is 1. The van der Waals surface area contributed by atoms with Crippen LogP contribution >= 0.6 is 0 Å². The second-order valence-corrected chi connectivity index (χ2v) is 8.48. The van der Waals surface area contributed by atoms with E-state index in [1.165, 1.54) is 24.1 Å². The molecule has 1 aromatic heterocycles. The zero-order valence-corrected chi connectivity index (χ0v) is 20.2. The van der Waals surface area contributed by atoms with Crippen LogP contribution in [0.25, 0.3) is 0 Å². The second-order valence-electron chi connectivity index (χ2n) is 8.48. The van der Waals surface area contributed by atoms with E-state index >= 15 is 0 Å². The zero-order valence-electron chi connectivity index (χ0n) is 20.2. The van der Waals surface area contributed by atoms with Gasteiger partial charge in [-0.1, -0.05) is 42.5 Å². The van der Waals surface area contributed by atoms with Crippen molar-refractivity contribution in [3.05, 3.63) is 83.2 Å². The van der Waals surface area contributed by atoms with Crippen LogP contribution in [-0.4, -0.2) is 43.3 Å². The highest BCUT2D eigenvalue weighted by molar-refractivity contribution is 5.93. The molecule has 188 valence electrons. The van der Waals surface area contributed by atoms with E-state index in [-0.39, 0.29) is 49.9 Å². The molecule has 1 unspecified atom stereocenters. The summed E-state index contributed by atoms with van der Waals surface area (Å²) in [6, 6.07) is 16.9.